The molecule has 0 aliphatic carbocycles. The minimum Gasteiger partial charge on any atom is -0.871 e. The van der Waals surface area contributed by atoms with Crippen molar-refractivity contribution in [2.75, 3.05) is 98.2 Å². The minimum atomic E-state index is -5.14. The number of fused-ring (bicyclic) bond motifs is 15. The molecule has 5 unspecified atom stereocenters. The minimum absolute atomic E-state index is 0.0114. The highest BCUT2D eigenvalue weighted by Crippen LogP contribution is 2.28. The largest absolute Gasteiger partial charge is 0.871 e. The number of nitrogens with zero attached hydrogens (tertiary/aromatic N) is 3. The van der Waals surface area contributed by atoms with E-state index in [1.54, 1.807) is 22.0 Å². The van der Waals surface area contributed by atoms with Crippen molar-refractivity contribution in [3.63, 3.8) is 0 Å². The Labute approximate surface area is 543 Å². The Bertz CT molecular complexity index is 3870. The second-order valence-electron chi connectivity index (χ2n) is 22.2. The van der Waals surface area contributed by atoms with Gasteiger partial charge in [-0.25, -0.2) is 13.2 Å². The lowest BCUT2D eigenvalue weighted by Gasteiger charge is -2.28. The van der Waals surface area contributed by atoms with Crippen molar-refractivity contribution in [2.45, 2.75) is 42.2 Å². The maximum absolute atomic E-state index is 14.3. The number of aromatic hydroxyl groups is 1. The van der Waals surface area contributed by atoms with Gasteiger partial charge < -0.3 is 67.8 Å². The number of imide groups is 1. The van der Waals surface area contributed by atoms with E-state index in [-0.39, 0.29) is 156 Å². The first-order chi connectivity index (χ1) is 45.2. The van der Waals surface area contributed by atoms with Crippen LogP contribution in [-0.4, -0.2) is 210 Å². The van der Waals surface area contributed by atoms with E-state index in [0.717, 1.165) is 0 Å². The Kier molecular flexibility index (Phi) is 23.6. The van der Waals surface area contributed by atoms with Crippen LogP contribution in [0.3, 0.4) is 0 Å². The third-order valence-electron chi connectivity index (χ3n) is 15.9. The number of sulfonamides is 1. The molecule has 33 nitrogen and oxygen atoms in total. The maximum Gasteiger partial charge on any atom is 0.347 e. The summed E-state index contributed by atoms with van der Waals surface area (Å²) in [5.74, 6) is -16.8. The first-order valence-corrected chi connectivity index (χ1v) is 32.9. The molecule has 0 spiro atoms. The molecule has 0 radical (unpaired) electrons. The fraction of sp³-hybridized carbons (Fsp3) is 0.383. The van der Waals surface area contributed by atoms with E-state index in [0.29, 0.717) is 12.1 Å². The van der Waals surface area contributed by atoms with Crippen LogP contribution in [0.1, 0.15) is 115 Å². The topological polar surface area (TPSA) is 493 Å². The molecule has 5 aliphatic rings. The molecule has 10 amide bonds. The Hall–Kier alpha value is -10.1. The van der Waals surface area contributed by atoms with Crippen LogP contribution in [0.15, 0.2) is 83.8 Å². The third-order valence-corrected chi connectivity index (χ3v) is 18.3. The summed E-state index contributed by atoms with van der Waals surface area (Å²) in [5.41, 5.74) is -3.68. The fourth-order valence-electron chi connectivity index (χ4n) is 10.6. The van der Waals surface area contributed by atoms with Crippen molar-refractivity contribution in [1.82, 2.24) is 62.1 Å². The molecule has 1 saturated heterocycles. The highest BCUT2D eigenvalue weighted by Gasteiger charge is 2.48. The van der Waals surface area contributed by atoms with Crippen LogP contribution in [0.25, 0.3) is 0 Å². The Morgan fingerprint density at radius 1 is 0.484 bits per heavy atom. The molecule has 11 N–H and O–H groups in total. The summed E-state index contributed by atoms with van der Waals surface area (Å²) in [6.07, 6.45) is 2.51. The van der Waals surface area contributed by atoms with Crippen LogP contribution < -0.4 is 62.6 Å². The van der Waals surface area contributed by atoms with Gasteiger partial charge in [0.2, 0.25) is 10.0 Å². The van der Waals surface area contributed by atoms with Gasteiger partial charge in [0.15, 0.2) is 5.25 Å². The number of phenolic OH excluding ortho intramolecular Hbond substituents is 1. The number of hydroxylamine groups is 2. The van der Waals surface area contributed by atoms with Gasteiger partial charge in [-0.15, -0.1) is 5.06 Å². The van der Waals surface area contributed by atoms with Crippen LogP contribution in [0.5, 0.6) is 23.0 Å². The van der Waals surface area contributed by atoms with Crippen molar-refractivity contribution in [3.8, 4) is 23.0 Å². The van der Waals surface area contributed by atoms with E-state index in [2.05, 4.69) is 47.4 Å². The number of hydrogen-bond donors (Lipinski definition) is 11. The van der Waals surface area contributed by atoms with Crippen molar-refractivity contribution in [2.24, 2.45) is 11.8 Å². The van der Waals surface area contributed by atoms with Gasteiger partial charge >= 0.3 is 5.97 Å². The zero-order chi connectivity index (χ0) is 68.7. The number of nitrogens with one attached hydrogen (secondary N) is 9. The molecular formula is C60H67N12O21S2-3. The number of rotatable bonds is 6. The number of phenols is 1. The van der Waals surface area contributed by atoms with Gasteiger partial charge in [-0.1, -0.05) is 71.9 Å². The molecule has 95 heavy (non-hydrogen) atoms. The molecule has 35 heteroatoms. The lowest BCUT2D eigenvalue weighted by Crippen LogP contribution is -2.46. The van der Waals surface area contributed by atoms with Gasteiger partial charge in [0.1, 0.15) is 12.3 Å². The number of carbonyl (C=O) groups excluding carboxylic acids is 11. The molecule has 508 valence electrons. The van der Waals surface area contributed by atoms with Crippen LogP contribution in [0.2, 0.25) is 0 Å². The number of allylic oxidation sites excluding steroid dienone is 2. The number of para-hydroxylation sites is 3. The quantitative estimate of drug-likeness (QED) is 0.0503. The van der Waals surface area contributed by atoms with Crippen molar-refractivity contribution in [1.29, 1.82) is 0 Å². The van der Waals surface area contributed by atoms with Crippen LogP contribution in [0.4, 0.5) is 0 Å². The molecule has 1 fully saturated rings. The predicted molar refractivity (Wildman–Crippen MR) is 325 cm³/mol. The van der Waals surface area contributed by atoms with E-state index in [4.69, 9.17) is 0 Å². The first kappa shape index (κ1) is 70.8. The Morgan fingerprint density at radius 2 is 0.800 bits per heavy atom. The SMILES string of the molecule is O=C(CNS(=O)(=O)c1cc2c([O-])c(c1)C(=O)NCCN1CCNC(=O)c3cccc(c3[O-])C(=O)NCCC(/C=C/C3CCNC(=O)c4cccc(c4[O-])C(=O)NCCN(CCNC(=O)c4cccc(c4O)C(=O)NCC3)CC1)CCNC2=O)ON1C(=O)CC(S(=O)(=O)O)C1=O. The average Bonchev–Trinajstić information content (AvgIpc) is 1.66. The molecule has 5 aliphatic heterocycles. The molecule has 0 aromatic heterocycles. The lowest BCUT2D eigenvalue weighted by atomic mass is 9.94. The fourth-order valence-corrected chi connectivity index (χ4v) is 12.3. The van der Waals surface area contributed by atoms with Gasteiger partial charge in [0, 0.05) is 125 Å². The van der Waals surface area contributed by atoms with Gasteiger partial charge in [-0.05, 0) is 61.8 Å². The zero-order valence-corrected chi connectivity index (χ0v) is 52.3. The van der Waals surface area contributed by atoms with Gasteiger partial charge in [0.05, 0.1) is 22.4 Å². The van der Waals surface area contributed by atoms with E-state index >= 15 is 0 Å². The summed E-state index contributed by atoms with van der Waals surface area (Å²) in [5, 5.41) is 71.9. The lowest BCUT2D eigenvalue weighted by molar-refractivity contribution is -0.269. The highest BCUT2D eigenvalue weighted by atomic mass is 32.2. The standard InChI is InChI=1S/C60H70N12O21S2/c73-46-32-45(95(90,91)92)60(87)72(46)93-47(74)33-69-94(88,89)36-30-43-51(78)44(31-36)59(86)68-23-27-71-26-22-67-57(84)42-9-3-6-39(50(42)77)54(81)63-18-14-35(15-19-64-58(43)85)11-10-34-12-16-61-52(79)37-4-1-7-40(48(37)75)55(82)65-20-24-70(28-29-71)25-21-66-56(83)41-8-2-5-38(49(41)76)53(80)62-17-13-34/h1-11,30-31,34-35,45,69,75-78H,12-29,32-33H2,(H,61,79)(H,62,80)(H,63,81)(H,64,85)(H,65,82)(H,66,83)(H,67,84)(H,68,86)(H,90,91,92)/p-3/b11-10+. The van der Waals surface area contributed by atoms with Crippen LogP contribution in [-0.2, 0) is 39.4 Å². The molecule has 12 bridgehead atoms. The van der Waals surface area contributed by atoms with Crippen LogP contribution >= 0.6 is 0 Å². The molecule has 4 aromatic rings. The number of carbonyl (C=O) groups is 11. The smallest absolute Gasteiger partial charge is 0.347 e. The van der Waals surface area contributed by atoms with E-state index < -0.39 is 154 Å². The third kappa shape index (κ3) is 18.2. The average molecular weight is 1360 g/mol. The monoisotopic (exact) mass is 1360 g/mol. The number of hydrogen-bond acceptors (Lipinski definition) is 22. The number of amides is 10. The summed E-state index contributed by atoms with van der Waals surface area (Å²) in [6.45, 7) is -2.94. The maximum atomic E-state index is 14.3. The first-order valence-electron chi connectivity index (χ1n) is 29.9. The van der Waals surface area contributed by atoms with Crippen molar-refractivity contribution < 1.29 is 99.4 Å². The predicted octanol–water partition coefficient (Wildman–Crippen LogP) is -3.70. The van der Waals surface area contributed by atoms with E-state index in [9.17, 15) is 94.6 Å². The summed E-state index contributed by atoms with van der Waals surface area (Å²) in [7, 11) is -10.2. The second kappa shape index (κ2) is 31.7. The zero-order valence-electron chi connectivity index (χ0n) is 50.7. The van der Waals surface area contributed by atoms with Crippen molar-refractivity contribution in [3.05, 3.63) is 123 Å². The van der Waals surface area contributed by atoms with Crippen LogP contribution in [0, 0.1) is 11.8 Å². The van der Waals surface area contributed by atoms with Gasteiger partial charge in [-0.2, -0.15) is 13.1 Å². The molecule has 4 aromatic carbocycles. The molecule has 0 saturated carbocycles. The normalized spacial score (nSPS) is 22.0. The van der Waals surface area contributed by atoms with E-state index in [1.807, 2.05) is 4.72 Å². The molecule has 5 heterocycles. The summed E-state index contributed by atoms with van der Waals surface area (Å²) >= 11 is 0. The van der Waals surface area contributed by atoms with Gasteiger partial charge in [-0.3, -0.25) is 62.3 Å². The highest BCUT2D eigenvalue weighted by molar-refractivity contribution is 7.89. The van der Waals surface area contributed by atoms with E-state index in [1.165, 1.54) is 54.6 Å². The second-order valence-corrected chi connectivity index (χ2v) is 25.6. The van der Waals surface area contributed by atoms with Gasteiger partial charge in [0.25, 0.3) is 69.2 Å². The molecule has 9 rings (SSSR count). The summed E-state index contributed by atoms with van der Waals surface area (Å²) in [4.78, 5) is 156. The van der Waals surface area contributed by atoms with Crippen molar-refractivity contribution >= 4 is 85.2 Å². The number of benzene rings is 4. The summed E-state index contributed by atoms with van der Waals surface area (Å²) < 4.78 is 62.5. The Morgan fingerprint density at radius 3 is 1.15 bits per heavy atom. The summed E-state index contributed by atoms with van der Waals surface area (Å²) in [6, 6.07) is 13.0. The molecular weight excluding hydrogens is 1290 g/mol. The molecule has 5 atom stereocenters. The Balaban J connectivity index is 1.19.